The molecular formula is C12H18N2O3. The van der Waals surface area contributed by atoms with Crippen LogP contribution in [0.25, 0.3) is 0 Å². The lowest BCUT2D eigenvalue weighted by Crippen LogP contribution is -2.25. The number of H-pyrrole nitrogens is 1. The summed E-state index contributed by atoms with van der Waals surface area (Å²) in [7, 11) is 0. The summed E-state index contributed by atoms with van der Waals surface area (Å²) in [5.41, 5.74) is 1.61. The van der Waals surface area contributed by atoms with Crippen LogP contribution in [0.3, 0.4) is 0 Å². The first-order chi connectivity index (χ1) is 7.99. The summed E-state index contributed by atoms with van der Waals surface area (Å²) >= 11 is 0. The van der Waals surface area contributed by atoms with E-state index in [1.807, 2.05) is 6.92 Å². The molecule has 5 heteroatoms. The van der Waals surface area contributed by atoms with Crippen LogP contribution in [0.4, 0.5) is 0 Å². The zero-order valence-corrected chi connectivity index (χ0v) is 10.4. The highest BCUT2D eigenvalue weighted by atomic mass is 16.4. The normalized spacial score (nSPS) is 10.3. The largest absolute Gasteiger partial charge is 0.477 e. The summed E-state index contributed by atoms with van der Waals surface area (Å²) in [4.78, 5) is 25.5. The third-order valence-corrected chi connectivity index (χ3v) is 2.69. The molecule has 0 spiro atoms. The molecule has 0 fully saturated rings. The van der Waals surface area contributed by atoms with Gasteiger partial charge >= 0.3 is 5.97 Å². The van der Waals surface area contributed by atoms with E-state index in [4.69, 9.17) is 5.11 Å². The fourth-order valence-electron chi connectivity index (χ4n) is 1.77. The lowest BCUT2D eigenvalue weighted by Gasteiger charge is -2.04. The van der Waals surface area contributed by atoms with Crippen molar-refractivity contribution in [3.05, 3.63) is 22.5 Å². The summed E-state index contributed by atoms with van der Waals surface area (Å²) in [6, 6.07) is 0. The second-order valence-corrected chi connectivity index (χ2v) is 4.04. The van der Waals surface area contributed by atoms with Gasteiger partial charge in [-0.2, -0.15) is 0 Å². The molecule has 1 amide bonds. The Morgan fingerprint density at radius 1 is 1.35 bits per heavy atom. The lowest BCUT2D eigenvalue weighted by atomic mass is 10.1. The SMILES string of the molecule is CCCCNC(=O)c1c(C)[nH]c(C(=O)O)c1C. The monoisotopic (exact) mass is 238 g/mol. The molecule has 0 radical (unpaired) electrons. The van der Waals surface area contributed by atoms with E-state index in [2.05, 4.69) is 10.3 Å². The van der Waals surface area contributed by atoms with Crippen LogP contribution in [-0.4, -0.2) is 28.5 Å². The van der Waals surface area contributed by atoms with Crippen LogP contribution in [-0.2, 0) is 0 Å². The van der Waals surface area contributed by atoms with Gasteiger partial charge in [0.1, 0.15) is 5.69 Å². The molecule has 1 aromatic rings. The Morgan fingerprint density at radius 3 is 2.47 bits per heavy atom. The van der Waals surface area contributed by atoms with Crippen LogP contribution in [0, 0.1) is 13.8 Å². The van der Waals surface area contributed by atoms with Crippen LogP contribution >= 0.6 is 0 Å². The van der Waals surface area contributed by atoms with E-state index < -0.39 is 5.97 Å². The van der Waals surface area contributed by atoms with Crippen molar-refractivity contribution in [2.45, 2.75) is 33.6 Å². The Morgan fingerprint density at radius 2 is 2.00 bits per heavy atom. The lowest BCUT2D eigenvalue weighted by molar-refractivity contribution is 0.0690. The van der Waals surface area contributed by atoms with Crippen LogP contribution in [0.15, 0.2) is 0 Å². The van der Waals surface area contributed by atoms with Gasteiger partial charge in [0.05, 0.1) is 5.56 Å². The standard InChI is InChI=1S/C12H18N2O3/c1-4-5-6-13-11(15)9-7(2)10(12(16)17)14-8(9)3/h14H,4-6H2,1-3H3,(H,13,15)(H,16,17). The maximum absolute atomic E-state index is 11.9. The predicted molar refractivity (Wildman–Crippen MR) is 64.5 cm³/mol. The van der Waals surface area contributed by atoms with Gasteiger partial charge in [-0.05, 0) is 25.8 Å². The number of carboxylic acid groups (broad SMARTS) is 1. The molecule has 0 aliphatic carbocycles. The number of aromatic nitrogens is 1. The van der Waals surface area contributed by atoms with Gasteiger partial charge in [-0.1, -0.05) is 13.3 Å². The second kappa shape index (κ2) is 5.52. The van der Waals surface area contributed by atoms with Crippen molar-refractivity contribution in [3.8, 4) is 0 Å². The maximum atomic E-state index is 11.9. The number of nitrogens with one attached hydrogen (secondary N) is 2. The number of aryl methyl sites for hydroxylation is 1. The summed E-state index contributed by atoms with van der Waals surface area (Å²) in [6.07, 6.45) is 1.92. The first-order valence-electron chi connectivity index (χ1n) is 5.69. The molecule has 94 valence electrons. The highest BCUT2D eigenvalue weighted by molar-refractivity contribution is 6.00. The van der Waals surface area contributed by atoms with Gasteiger partial charge in [0.15, 0.2) is 0 Å². The number of hydrogen-bond acceptors (Lipinski definition) is 2. The molecule has 1 rings (SSSR count). The van der Waals surface area contributed by atoms with Crippen molar-refractivity contribution in [2.75, 3.05) is 6.54 Å². The maximum Gasteiger partial charge on any atom is 0.352 e. The van der Waals surface area contributed by atoms with Crippen molar-refractivity contribution < 1.29 is 14.7 Å². The Kier molecular flexibility index (Phi) is 4.31. The van der Waals surface area contributed by atoms with E-state index in [1.165, 1.54) is 0 Å². The van der Waals surface area contributed by atoms with E-state index in [0.29, 0.717) is 23.4 Å². The molecule has 3 N–H and O–H groups in total. The molecule has 0 aromatic carbocycles. The third kappa shape index (κ3) is 2.87. The summed E-state index contributed by atoms with van der Waals surface area (Å²) in [5, 5.41) is 11.7. The molecule has 0 aliphatic rings. The van der Waals surface area contributed by atoms with Gasteiger partial charge in [0, 0.05) is 12.2 Å². The molecule has 1 aromatic heterocycles. The Bertz CT molecular complexity index is 435. The predicted octanol–water partition coefficient (Wildman–Crippen LogP) is 1.86. The number of rotatable bonds is 5. The number of carboxylic acids is 1. The van der Waals surface area contributed by atoms with Crippen molar-refractivity contribution >= 4 is 11.9 Å². The van der Waals surface area contributed by atoms with E-state index in [0.717, 1.165) is 12.8 Å². The van der Waals surface area contributed by atoms with Crippen LogP contribution in [0.1, 0.15) is 51.9 Å². The molecule has 0 unspecified atom stereocenters. The van der Waals surface area contributed by atoms with Gasteiger partial charge in [0.25, 0.3) is 5.91 Å². The molecule has 0 atom stereocenters. The van der Waals surface area contributed by atoms with Gasteiger partial charge in [-0.3, -0.25) is 4.79 Å². The summed E-state index contributed by atoms with van der Waals surface area (Å²) in [6.45, 7) is 6.00. The van der Waals surface area contributed by atoms with Crippen LogP contribution in [0.5, 0.6) is 0 Å². The van der Waals surface area contributed by atoms with Crippen molar-refractivity contribution in [1.82, 2.24) is 10.3 Å². The molecule has 1 heterocycles. The van der Waals surface area contributed by atoms with E-state index in [-0.39, 0.29) is 11.6 Å². The third-order valence-electron chi connectivity index (χ3n) is 2.69. The number of aromatic carboxylic acids is 1. The second-order valence-electron chi connectivity index (χ2n) is 4.04. The first kappa shape index (κ1) is 13.3. The quantitative estimate of drug-likeness (QED) is 0.685. The zero-order chi connectivity index (χ0) is 13.0. The number of carbonyl (C=O) groups is 2. The summed E-state index contributed by atoms with van der Waals surface area (Å²) in [5.74, 6) is -1.25. The molecule has 0 aliphatic heterocycles. The minimum atomic E-state index is -1.04. The van der Waals surface area contributed by atoms with Gasteiger partial charge in [-0.25, -0.2) is 4.79 Å². The van der Waals surface area contributed by atoms with Crippen molar-refractivity contribution in [1.29, 1.82) is 0 Å². The molecule has 5 nitrogen and oxygen atoms in total. The molecule has 0 saturated heterocycles. The smallest absolute Gasteiger partial charge is 0.352 e. The molecular weight excluding hydrogens is 220 g/mol. The summed E-state index contributed by atoms with van der Waals surface area (Å²) < 4.78 is 0. The van der Waals surface area contributed by atoms with Crippen molar-refractivity contribution in [3.63, 3.8) is 0 Å². The molecule has 0 saturated carbocycles. The molecule has 17 heavy (non-hydrogen) atoms. The number of aromatic amines is 1. The highest BCUT2D eigenvalue weighted by Gasteiger charge is 2.20. The zero-order valence-electron chi connectivity index (χ0n) is 10.4. The minimum Gasteiger partial charge on any atom is -0.477 e. The highest BCUT2D eigenvalue weighted by Crippen LogP contribution is 2.17. The number of unbranched alkanes of at least 4 members (excludes halogenated alkanes) is 1. The van der Waals surface area contributed by atoms with Gasteiger partial charge < -0.3 is 15.4 Å². The fourth-order valence-corrected chi connectivity index (χ4v) is 1.77. The van der Waals surface area contributed by atoms with E-state index in [1.54, 1.807) is 13.8 Å². The minimum absolute atomic E-state index is 0.0862. The number of hydrogen-bond donors (Lipinski definition) is 3. The van der Waals surface area contributed by atoms with Crippen LogP contribution < -0.4 is 5.32 Å². The molecule has 0 bridgehead atoms. The first-order valence-corrected chi connectivity index (χ1v) is 5.69. The average molecular weight is 238 g/mol. The van der Waals surface area contributed by atoms with E-state index >= 15 is 0 Å². The topological polar surface area (TPSA) is 82.2 Å². The average Bonchev–Trinajstić information content (AvgIpc) is 2.54. The van der Waals surface area contributed by atoms with Gasteiger partial charge in [0.2, 0.25) is 0 Å². The van der Waals surface area contributed by atoms with E-state index in [9.17, 15) is 9.59 Å². The number of amides is 1. The Balaban J connectivity index is 2.90. The van der Waals surface area contributed by atoms with Gasteiger partial charge in [-0.15, -0.1) is 0 Å². The fraction of sp³-hybridized carbons (Fsp3) is 0.500. The van der Waals surface area contributed by atoms with Crippen molar-refractivity contribution in [2.24, 2.45) is 0 Å². The van der Waals surface area contributed by atoms with Crippen LogP contribution in [0.2, 0.25) is 0 Å². The number of carbonyl (C=O) groups excluding carboxylic acids is 1. The Hall–Kier alpha value is -1.78. The Labute approximate surface area is 100 Å².